The molecule has 0 spiro atoms. The second-order valence-electron chi connectivity index (χ2n) is 3.61. The molecule has 17 heavy (non-hydrogen) atoms. The van der Waals surface area contributed by atoms with Gasteiger partial charge in [0, 0.05) is 23.4 Å². The molecule has 3 nitrogen and oxygen atoms in total. The Kier molecular flexibility index (Phi) is 6.20. The van der Waals surface area contributed by atoms with E-state index in [0.29, 0.717) is 17.0 Å². The van der Waals surface area contributed by atoms with Crippen LogP contribution < -0.4 is 5.32 Å². The van der Waals surface area contributed by atoms with E-state index in [1.165, 1.54) is 0 Å². The molecular formula is C12H15ClN2OS. The lowest BCUT2D eigenvalue weighted by Gasteiger charge is -2.19. The molecule has 1 aromatic carbocycles. The van der Waals surface area contributed by atoms with Gasteiger partial charge in [-0.2, -0.15) is 17.0 Å². The molecule has 0 fully saturated rings. The molecule has 0 amide bonds. The van der Waals surface area contributed by atoms with Gasteiger partial charge in [0.2, 0.25) is 0 Å². The van der Waals surface area contributed by atoms with Gasteiger partial charge < -0.3 is 10.4 Å². The number of rotatable bonds is 6. The minimum Gasteiger partial charge on any atom is -0.396 e. The van der Waals surface area contributed by atoms with E-state index in [2.05, 4.69) is 11.4 Å². The van der Waals surface area contributed by atoms with Gasteiger partial charge in [0.15, 0.2) is 0 Å². The number of nitrogens with one attached hydrogen (secondary N) is 1. The Balaban J connectivity index is 2.84. The van der Waals surface area contributed by atoms with Crippen LogP contribution in [0.3, 0.4) is 0 Å². The molecule has 0 aliphatic carbocycles. The normalized spacial score (nSPS) is 11.9. The fraction of sp³-hybridized carbons (Fsp3) is 0.417. The van der Waals surface area contributed by atoms with Gasteiger partial charge in [0.1, 0.15) is 6.07 Å². The average Bonchev–Trinajstić information content (AvgIpc) is 2.30. The van der Waals surface area contributed by atoms with Crippen molar-refractivity contribution in [3.05, 3.63) is 28.8 Å². The van der Waals surface area contributed by atoms with E-state index < -0.39 is 0 Å². The van der Waals surface area contributed by atoms with Gasteiger partial charge in [0.25, 0.3) is 0 Å². The van der Waals surface area contributed by atoms with Crippen LogP contribution in [0.15, 0.2) is 18.2 Å². The molecular weight excluding hydrogens is 256 g/mol. The predicted octanol–water partition coefficient (Wildman–Crippen LogP) is 2.74. The molecule has 1 atom stereocenters. The summed E-state index contributed by atoms with van der Waals surface area (Å²) < 4.78 is 0. The van der Waals surface area contributed by atoms with Crippen molar-refractivity contribution in [2.24, 2.45) is 0 Å². The summed E-state index contributed by atoms with van der Waals surface area (Å²) in [5.74, 6) is 0.873. The van der Waals surface area contributed by atoms with E-state index in [4.69, 9.17) is 22.0 Å². The molecule has 0 saturated carbocycles. The number of benzene rings is 1. The maximum absolute atomic E-state index is 8.99. The number of hydrogen-bond donors (Lipinski definition) is 2. The highest BCUT2D eigenvalue weighted by Gasteiger charge is 2.10. The summed E-state index contributed by atoms with van der Waals surface area (Å²) in [7, 11) is 0. The molecule has 0 aromatic heterocycles. The molecule has 0 radical (unpaired) electrons. The van der Waals surface area contributed by atoms with Crippen LogP contribution in [0.25, 0.3) is 0 Å². The quantitative estimate of drug-likeness (QED) is 0.835. The third-order valence-corrected chi connectivity index (χ3v) is 3.28. The first-order valence-electron chi connectivity index (χ1n) is 5.27. The third kappa shape index (κ3) is 4.47. The van der Waals surface area contributed by atoms with Crippen molar-refractivity contribution in [1.82, 2.24) is 0 Å². The lowest BCUT2D eigenvalue weighted by Crippen LogP contribution is -2.24. The van der Waals surface area contributed by atoms with Crippen LogP contribution in [-0.2, 0) is 0 Å². The van der Waals surface area contributed by atoms with Gasteiger partial charge >= 0.3 is 0 Å². The summed E-state index contributed by atoms with van der Waals surface area (Å²) in [4.78, 5) is 0. The van der Waals surface area contributed by atoms with E-state index in [9.17, 15) is 0 Å². The van der Waals surface area contributed by atoms with Crippen molar-refractivity contribution < 1.29 is 5.11 Å². The smallest absolute Gasteiger partial charge is 0.101 e. The Morgan fingerprint density at radius 3 is 2.94 bits per heavy atom. The molecule has 1 aromatic rings. The molecule has 0 bridgehead atoms. The minimum atomic E-state index is 0.126. The Morgan fingerprint density at radius 1 is 1.59 bits per heavy atom. The molecule has 0 saturated heterocycles. The number of anilines is 1. The zero-order valence-corrected chi connectivity index (χ0v) is 11.2. The summed E-state index contributed by atoms with van der Waals surface area (Å²) in [5, 5.41) is 21.8. The summed E-state index contributed by atoms with van der Waals surface area (Å²) in [6.07, 6.45) is 2.66. The van der Waals surface area contributed by atoms with Crippen molar-refractivity contribution in [3.63, 3.8) is 0 Å². The van der Waals surface area contributed by atoms with Crippen LogP contribution in [0.2, 0.25) is 5.02 Å². The molecule has 0 aliphatic rings. The maximum atomic E-state index is 8.99. The molecule has 5 heteroatoms. The highest BCUT2D eigenvalue weighted by molar-refractivity contribution is 7.98. The van der Waals surface area contributed by atoms with Gasteiger partial charge in [-0.15, -0.1) is 0 Å². The lowest BCUT2D eigenvalue weighted by molar-refractivity contribution is 0.282. The largest absolute Gasteiger partial charge is 0.396 e. The number of aliphatic hydroxyl groups excluding tert-OH is 1. The summed E-state index contributed by atoms with van der Waals surface area (Å²) in [6.45, 7) is 0.126. The summed E-state index contributed by atoms with van der Waals surface area (Å²) >= 11 is 7.60. The molecule has 1 unspecified atom stereocenters. The molecule has 92 valence electrons. The van der Waals surface area contributed by atoms with Crippen molar-refractivity contribution in [1.29, 1.82) is 5.26 Å². The Labute approximate surface area is 111 Å². The fourth-order valence-corrected chi connectivity index (χ4v) is 2.33. The Hall–Kier alpha value is -0.890. The highest BCUT2D eigenvalue weighted by atomic mass is 35.5. The lowest BCUT2D eigenvalue weighted by atomic mass is 10.1. The number of nitrogens with zero attached hydrogens (tertiary/aromatic N) is 1. The highest BCUT2D eigenvalue weighted by Crippen LogP contribution is 2.22. The maximum Gasteiger partial charge on any atom is 0.101 e. The molecule has 1 rings (SSSR count). The Morgan fingerprint density at radius 2 is 2.35 bits per heavy atom. The SMILES string of the molecule is CSCC(CCO)Nc1cc(Cl)ccc1C#N. The van der Waals surface area contributed by atoms with Crippen LogP contribution in [0.5, 0.6) is 0 Å². The van der Waals surface area contributed by atoms with E-state index >= 15 is 0 Å². The first kappa shape index (κ1) is 14.2. The minimum absolute atomic E-state index is 0.126. The van der Waals surface area contributed by atoms with Gasteiger partial charge in [-0.3, -0.25) is 0 Å². The van der Waals surface area contributed by atoms with Crippen molar-refractivity contribution in [2.45, 2.75) is 12.5 Å². The Bertz CT molecular complexity index is 400. The second kappa shape index (κ2) is 7.44. The fourth-order valence-electron chi connectivity index (χ4n) is 1.51. The van der Waals surface area contributed by atoms with Crippen molar-refractivity contribution >= 4 is 29.1 Å². The zero-order valence-electron chi connectivity index (χ0n) is 9.61. The third-order valence-electron chi connectivity index (χ3n) is 2.31. The van der Waals surface area contributed by atoms with Crippen molar-refractivity contribution in [3.8, 4) is 6.07 Å². The zero-order chi connectivity index (χ0) is 12.7. The first-order chi connectivity index (χ1) is 8.21. The van der Waals surface area contributed by atoms with Crippen LogP contribution in [0.4, 0.5) is 5.69 Å². The number of hydrogen-bond acceptors (Lipinski definition) is 4. The summed E-state index contributed by atoms with van der Waals surface area (Å²) in [6, 6.07) is 7.39. The van der Waals surface area contributed by atoms with Gasteiger partial charge in [-0.1, -0.05) is 11.6 Å². The predicted molar refractivity (Wildman–Crippen MR) is 73.7 cm³/mol. The molecule has 0 heterocycles. The van der Waals surface area contributed by atoms with Crippen LogP contribution in [0.1, 0.15) is 12.0 Å². The summed E-state index contributed by atoms with van der Waals surface area (Å²) in [5.41, 5.74) is 1.30. The van der Waals surface area contributed by atoms with E-state index in [0.717, 1.165) is 11.4 Å². The van der Waals surface area contributed by atoms with Crippen LogP contribution in [0, 0.1) is 11.3 Å². The average molecular weight is 271 g/mol. The molecule has 0 aliphatic heterocycles. The van der Waals surface area contributed by atoms with Crippen LogP contribution in [-0.4, -0.2) is 29.8 Å². The number of thioether (sulfide) groups is 1. The first-order valence-corrected chi connectivity index (χ1v) is 7.04. The monoisotopic (exact) mass is 270 g/mol. The van der Waals surface area contributed by atoms with Crippen molar-refractivity contribution in [2.75, 3.05) is 23.9 Å². The second-order valence-corrected chi connectivity index (χ2v) is 4.96. The van der Waals surface area contributed by atoms with E-state index in [1.54, 1.807) is 30.0 Å². The van der Waals surface area contributed by atoms with E-state index in [-0.39, 0.29) is 12.6 Å². The number of nitriles is 1. The number of halogens is 1. The van der Waals surface area contributed by atoms with Gasteiger partial charge in [-0.25, -0.2) is 0 Å². The van der Waals surface area contributed by atoms with Gasteiger partial charge in [0.05, 0.1) is 11.3 Å². The van der Waals surface area contributed by atoms with Crippen LogP contribution >= 0.6 is 23.4 Å². The molecule has 2 N–H and O–H groups in total. The number of aliphatic hydroxyl groups is 1. The topological polar surface area (TPSA) is 56.0 Å². The standard InChI is InChI=1S/C12H15ClN2OS/c1-17-8-11(4-5-16)15-12-6-10(13)3-2-9(12)7-14/h2-3,6,11,15-16H,4-5,8H2,1H3. The van der Waals surface area contributed by atoms with E-state index in [1.807, 2.05) is 6.26 Å². The van der Waals surface area contributed by atoms with Gasteiger partial charge in [-0.05, 0) is 30.9 Å².